The van der Waals surface area contributed by atoms with Crippen LogP contribution in [0, 0.1) is 0 Å². The Kier molecular flexibility index (Phi) is 11.6. The Morgan fingerprint density at radius 2 is 1.59 bits per heavy atom. The minimum absolute atomic E-state index is 0.0231. The summed E-state index contributed by atoms with van der Waals surface area (Å²) in [4.78, 5) is 56.4. The highest BCUT2D eigenvalue weighted by atomic mass is 32.2. The highest BCUT2D eigenvalue weighted by molar-refractivity contribution is 7.89. The first-order valence-electron chi connectivity index (χ1n) is 16.1. The van der Waals surface area contributed by atoms with Crippen molar-refractivity contribution in [2.45, 2.75) is 54.6 Å². The van der Waals surface area contributed by atoms with Gasteiger partial charge in [0.25, 0.3) is 5.91 Å². The average molecular weight is 783 g/mol. The molecule has 2 aromatic carbocycles. The Bertz CT molecular complexity index is 2110. The van der Waals surface area contributed by atoms with Crippen LogP contribution in [0.15, 0.2) is 78.1 Å². The molecule has 1 fully saturated rings. The third kappa shape index (κ3) is 9.50. The van der Waals surface area contributed by atoms with Crippen LogP contribution in [-0.2, 0) is 36.8 Å². The summed E-state index contributed by atoms with van der Waals surface area (Å²) in [6, 6.07) is 5.65. The summed E-state index contributed by atoms with van der Waals surface area (Å²) >= 11 is 0. The number of halogens is 6. The van der Waals surface area contributed by atoms with E-state index >= 15 is 0 Å². The molecule has 4 amide bonds. The molecule has 0 bridgehead atoms. The molecule has 1 aliphatic heterocycles. The van der Waals surface area contributed by atoms with Gasteiger partial charge >= 0.3 is 12.4 Å². The normalized spacial score (nSPS) is 16.1. The topological polar surface area (TPSA) is 184 Å². The zero-order chi connectivity index (χ0) is 39.4. The van der Waals surface area contributed by atoms with Crippen LogP contribution in [0.1, 0.15) is 52.4 Å². The molecule has 0 radical (unpaired) electrons. The molecule has 4 aromatic rings. The number of nitrogens with one attached hydrogen (secondary N) is 4. The van der Waals surface area contributed by atoms with Crippen LogP contribution in [0.3, 0.4) is 0 Å². The van der Waals surface area contributed by atoms with Gasteiger partial charge in [0.2, 0.25) is 27.7 Å². The van der Waals surface area contributed by atoms with E-state index in [4.69, 9.17) is 0 Å². The van der Waals surface area contributed by atoms with E-state index in [1.165, 1.54) is 24.0 Å². The first kappa shape index (κ1) is 39.6. The van der Waals surface area contributed by atoms with Crippen molar-refractivity contribution >= 4 is 39.3 Å². The molecule has 14 nitrogen and oxygen atoms in total. The fourth-order valence-electron chi connectivity index (χ4n) is 5.73. The van der Waals surface area contributed by atoms with Gasteiger partial charge in [-0.25, -0.2) is 17.9 Å². The van der Waals surface area contributed by atoms with E-state index in [-0.39, 0.29) is 55.3 Å². The molecular weight excluding hydrogens is 750 g/mol. The number of benzene rings is 2. The standard InChI is InChI=1S/C33H32F6N8O6S/c1-40-27(48)15-25(19-6-3-2-4-7-19)44-28(49)16-26(45-54(52,53)23-13-20(32(34,35)36)12-21(14-23)33(37,38)39)31(51)46-11-8-22(18-46)43-30(50)24-17-42-47-10-5-9-41-29(24)47/h2-7,9-10,12-14,17,22,25-26,45H,8,11,15-16,18H2,1H3,(H,40,48)(H,43,50)(H,44,49)/t22-,25-,26-/m0/s1. The molecule has 21 heteroatoms. The molecule has 3 atom stereocenters. The Morgan fingerprint density at radius 1 is 0.926 bits per heavy atom. The highest BCUT2D eigenvalue weighted by Crippen LogP contribution is 2.37. The number of carbonyl (C=O) groups excluding carboxylic acids is 4. The van der Waals surface area contributed by atoms with Crippen molar-refractivity contribution in [1.82, 2.24) is 40.2 Å². The molecule has 5 rings (SSSR count). The lowest BCUT2D eigenvalue weighted by Gasteiger charge is -2.26. The average Bonchev–Trinajstić information content (AvgIpc) is 3.77. The smallest absolute Gasteiger partial charge is 0.359 e. The van der Waals surface area contributed by atoms with E-state index in [0.717, 1.165) is 4.90 Å². The van der Waals surface area contributed by atoms with Crippen LogP contribution >= 0.6 is 0 Å². The maximum Gasteiger partial charge on any atom is 0.416 e. The number of amides is 4. The molecule has 0 spiro atoms. The lowest BCUT2D eigenvalue weighted by Crippen LogP contribution is -2.51. The van der Waals surface area contributed by atoms with Crippen LogP contribution in [0.25, 0.3) is 5.65 Å². The summed E-state index contributed by atoms with van der Waals surface area (Å²) in [7, 11) is -4.00. The highest BCUT2D eigenvalue weighted by Gasteiger charge is 2.40. The van der Waals surface area contributed by atoms with Crippen molar-refractivity contribution in [3.8, 4) is 0 Å². The van der Waals surface area contributed by atoms with Gasteiger partial charge in [0.15, 0.2) is 5.65 Å². The van der Waals surface area contributed by atoms with E-state index in [9.17, 15) is 53.9 Å². The maximum absolute atomic E-state index is 13.9. The SMILES string of the molecule is CNC(=O)C[C@H](NC(=O)C[C@H](NS(=O)(=O)c1cc(C(F)(F)F)cc(C(F)(F)F)c1)C(=O)N1CC[C@H](NC(=O)c2cnn3cccnc23)C1)c1ccccc1. The lowest BCUT2D eigenvalue weighted by atomic mass is 10.0. The largest absolute Gasteiger partial charge is 0.416 e. The predicted octanol–water partition coefficient (Wildman–Crippen LogP) is 2.83. The summed E-state index contributed by atoms with van der Waals surface area (Å²) in [5.74, 6) is -3.13. The summed E-state index contributed by atoms with van der Waals surface area (Å²) in [6.45, 7) is -0.288. The van der Waals surface area contributed by atoms with E-state index in [0.29, 0.717) is 5.56 Å². The monoisotopic (exact) mass is 782 g/mol. The Morgan fingerprint density at radius 3 is 2.22 bits per heavy atom. The molecule has 288 valence electrons. The first-order chi connectivity index (χ1) is 25.4. The zero-order valence-electron chi connectivity index (χ0n) is 28.1. The van der Waals surface area contributed by atoms with Crippen LogP contribution in [0.2, 0.25) is 0 Å². The van der Waals surface area contributed by atoms with E-state index in [1.54, 1.807) is 42.6 Å². The number of aromatic nitrogens is 3. The van der Waals surface area contributed by atoms with Gasteiger partial charge in [0, 0.05) is 38.6 Å². The number of alkyl halides is 6. The summed E-state index contributed by atoms with van der Waals surface area (Å²) in [6.07, 6.45) is -7.58. The summed E-state index contributed by atoms with van der Waals surface area (Å²) in [5, 5.41) is 11.7. The fraction of sp³-hybridized carbons (Fsp3) is 0.333. The zero-order valence-corrected chi connectivity index (χ0v) is 28.9. The van der Waals surface area contributed by atoms with Gasteiger partial charge in [0.1, 0.15) is 11.6 Å². The predicted molar refractivity (Wildman–Crippen MR) is 177 cm³/mol. The second-order valence-corrected chi connectivity index (χ2v) is 13.9. The number of fused-ring (bicyclic) bond motifs is 1. The molecule has 0 saturated carbocycles. The van der Waals surface area contributed by atoms with Gasteiger partial charge < -0.3 is 20.9 Å². The number of carbonyl (C=O) groups is 4. The second-order valence-electron chi connectivity index (χ2n) is 12.2. The van der Waals surface area contributed by atoms with E-state index in [1.807, 2.05) is 4.72 Å². The fourth-order valence-corrected chi connectivity index (χ4v) is 6.99. The van der Waals surface area contributed by atoms with E-state index in [2.05, 4.69) is 26.0 Å². The molecule has 2 aromatic heterocycles. The number of nitrogens with zero attached hydrogens (tertiary/aromatic N) is 4. The van der Waals surface area contributed by atoms with Crippen LogP contribution in [0.5, 0.6) is 0 Å². The Labute approximate surface area is 303 Å². The quantitative estimate of drug-likeness (QED) is 0.158. The van der Waals surface area contributed by atoms with Gasteiger partial charge in [-0.05, 0) is 36.2 Å². The molecular formula is C33H32F6N8O6S. The van der Waals surface area contributed by atoms with Crippen molar-refractivity contribution in [3.63, 3.8) is 0 Å². The minimum Gasteiger partial charge on any atom is -0.359 e. The molecule has 1 aliphatic rings. The maximum atomic E-state index is 13.9. The Balaban J connectivity index is 1.41. The Hall–Kier alpha value is -5.57. The number of likely N-dealkylation sites (tertiary alicyclic amines) is 1. The van der Waals surface area contributed by atoms with Crippen molar-refractivity contribution in [1.29, 1.82) is 0 Å². The number of hydrogen-bond acceptors (Lipinski definition) is 8. The minimum atomic E-state index is -5.38. The van der Waals surface area contributed by atoms with Crippen molar-refractivity contribution in [2.75, 3.05) is 20.1 Å². The molecule has 1 saturated heterocycles. The number of rotatable bonds is 12. The van der Waals surface area contributed by atoms with Crippen LogP contribution < -0.4 is 20.7 Å². The van der Waals surface area contributed by atoms with Crippen molar-refractivity contribution in [3.05, 3.63) is 95.4 Å². The molecule has 4 N–H and O–H groups in total. The molecule has 0 aliphatic carbocycles. The van der Waals surface area contributed by atoms with Crippen molar-refractivity contribution < 1.29 is 53.9 Å². The summed E-state index contributed by atoms with van der Waals surface area (Å²) < 4.78 is 112. The van der Waals surface area contributed by atoms with Gasteiger partial charge in [-0.3, -0.25) is 19.2 Å². The van der Waals surface area contributed by atoms with Crippen LogP contribution in [0.4, 0.5) is 26.3 Å². The third-order valence-electron chi connectivity index (χ3n) is 8.42. The van der Waals surface area contributed by atoms with Crippen molar-refractivity contribution in [2.24, 2.45) is 0 Å². The van der Waals surface area contributed by atoms with Gasteiger partial charge in [-0.2, -0.15) is 36.2 Å². The number of sulfonamides is 1. The first-order valence-corrected chi connectivity index (χ1v) is 17.6. The van der Waals surface area contributed by atoms with Gasteiger partial charge in [0.05, 0.1) is 41.1 Å². The summed E-state index contributed by atoms with van der Waals surface area (Å²) in [5.41, 5.74) is -3.02. The van der Waals surface area contributed by atoms with E-state index < -0.39 is 86.6 Å². The molecule has 54 heavy (non-hydrogen) atoms. The van der Waals surface area contributed by atoms with Gasteiger partial charge in [-0.15, -0.1) is 0 Å². The molecule has 0 unspecified atom stereocenters. The van der Waals surface area contributed by atoms with Gasteiger partial charge in [-0.1, -0.05) is 30.3 Å². The second kappa shape index (κ2) is 15.8. The number of hydrogen-bond donors (Lipinski definition) is 4. The lowest BCUT2D eigenvalue weighted by molar-refractivity contribution is -0.143. The molecule has 3 heterocycles. The van der Waals surface area contributed by atoms with Crippen LogP contribution in [-0.4, -0.2) is 83.8 Å². The third-order valence-corrected chi connectivity index (χ3v) is 9.87.